The summed E-state index contributed by atoms with van der Waals surface area (Å²) in [7, 11) is 0. The molecule has 2 aliphatic rings. The fraction of sp³-hybridized carbons (Fsp3) is 0.318. The Hall–Kier alpha value is -3.15. The molecule has 1 saturated heterocycles. The number of hydrogen-bond acceptors (Lipinski definition) is 5. The molecule has 0 saturated carbocycles. The lowest BCUT2D eigenvalue weighted by atomic mass is 10.1. The third kappa shape index (κ3) is 3.05. The fourth-order valence-corrected chi connectivity index (χ4v) is 4.16. The molecule has 2 aliphatic heterocycles. The Morgan fingerprint density at radius 2 is 1.89 bits per heavy atom. The molecule has 3 heterocycles. The first-order valence-corrected chi connectivity index (χ1v) is 9.68. The van der Waals surface area contributed by atoms with Gasteiger partial charge in [-0.1, -0.05) is 35.5 Å². The average Bonchev–Trinajstić information content (AvgIpc) is 3.46. The van der Waals surface area contributed by atoms with Crippen molar-refractivity contribution in [2.45, 2.75) is 32.4 Å². The molecule has 0 spiro atoms. The lowest BCUT2D eigenvalue weighted by Gasteiger charge is -2.20. The molecule has 1 unspecified atom stereocenters. The van der Waals surface area contributed by atoms with Crippen LogP contribution in [0.25, 0.3) is 0 Å². The fourth-order valence-electron chi connectivity index (χ4n) is 4.16. The van der Waals surface area contributed by atoms with Gasteiger partial charge in [0, 0.05) is 37.4 Å². The Kier molecular flexibility index (Phi) is 4.11. The van der Waals surface area contributed by atoms with Crippen LogP contribution < -0.4 is 4.90 Å². The zero-order valence-electron chi connectivity index (χ0n) is 15.8. The van der Waals surface area contributed by atoms with Gasteiger partial charge in [-0.15, -0.1) is 0 Å². The van der Waals surface area contributed by atoms with Crippen molar-refractivity contribution in [2.75, 3.05) is 18.0 Å². The van der Waals surface area contributed by atoms with Crippen LogP contribution in [-0.4, -0.2) is 34.0 Å². The lowest BCUT2D eigenvalue weighted by molar-refractivity contribution is 0.0789. The predicted molar refractivity (Wildman–Crippen MR) is 105 cm³/mol. The largest absolute Gasteiger partial charge is 0.363 e. The van der Waals surface area contributed by atoms with Crippen LogP contribution in [0.5, 0.6) is 0 Å². The molecular formula is C22H22N4O2. The molecule has 1 aromatic heterocycles. The second-order valence-corrected chi connectivity index (χ2v) is 7.59. The van der Waals surface area contributed by atoms with Gasteiger partial charge >= 0.3 is 0 Å². The molecule has 1 amide bonds. The molecule has 6 heteroatoms. The van der Waals surface area contributed by atoms with Gasteiger partial charge in [0.05, 0.1) is 5.92 Å². The number of rotatable bonds is 3. The van der Waals surface area contributed by atoms with Gasteiger partial charge in [-0.25, -0.2) is 0 Å². The second kappa shape index (κ2) is 6.78. The zero-order valence-corrected chi connectivity index (χ0v) is 15.8. The first kappa shape index (κ1) is 17.0. The number of aromatic nitrogens is 2. The maximum Gasteiger partial charge on any atom is 0.253 e. The van der Waals surface area contributed by atoms with Crippen LogP contribution in [-0.2, 0) is 13.1 Å². The van der Waals surface area contributed by atoms with Crippen molar-refractivity contribution in [3.63, 3.8) is 0 Å². The molecule has 0 bridgehead atoms. The molecular weight excluding hydrogens is 352 g/mol. The van der Waals surface area contributed by atoms with Crippen molar-refractivity contribution >= 4 is 11.6 Å². The van der Waals surface area contributed by atoms with E-state index in [1.54, 1.807) is 0 Å². The number of fused-ring (bicyclic) bond motifs is 1. The van der Waals surface area contributed by atoms with Gasteiger partial charge in [-0.05, 0) is 42.7 Å². The Labute approximate surface area is 163 Å². The number of anilines is 1. The van der Waals surface area contributed by atoms with E-state index in [0.717, 1.165) is 30.8 Å². The average molecular weight is 374 g/mol. The minimum Gasteiger partial charge on any atom is -0.363 e. The SMILES string of the molecule is Cc1noc(C2CCN(C(=O)c3cccc(N4Cc5ccccc5C4)c3)C2)n1. The highest BCUT2D eigenvalue weighted by molar-refractivity contribution is 5.95. The molecule has 142 valence electrons. The topological polar surface area (TPSA) is 62.5 Å². The zero-order chi connectivity index (χ0) is 19.1. The van der Waals surface area contributed by atoms with E-state index in [1.807, 2.05) is 30.0 Å². The van der Waals surface area contributed by atoms with Crippen LogP contribution in [0.3, 0.4) is 0 Å². The van der Waals surface area contributed by atoms with Crippen LogP contribution >= 0.6 is 0 Å². The molecule has 0 N–H and O–H groups in total. The Morgan fingerprint density at radius 1 is 1.11 bits per heavy atom. The van der Waals surface area contributed by atoms with Crippen LogP contribution in [0.15, 0.2) is 53.1 Å². The van der Waals surface area contributed by atoms with Crippen molar-refractivity contribution in [2.24, 2.45) is 0 Å². The summed E-state index contributed by atoms with van der Waals surface area (Å²) in [4.78, 5) is 21.6. The van der Waals surface area contributed by atoms with Gasteiger partial charge in [0.2, 0.25) is 5.89 Å². The molecule has 5 rings (SSSR count). The van der Waals surface area contributed by atoms with Gasteiger partial charge in [0.25, 0.3) is 5.91 Å². The van der Waals surface area contributed by atoms with Crippen molar-refractivity contribution < 1.29 is 9.32 Å². The van der Waals surface area contributed by atoms with E-state index in [1.165, 1.54) is 11.1 Å². The number of aryl methyl sites for hydroxylation is 1. The van der Waals surface area contributed by atoms with Gasteiger partial charge in [0.15, 0.2) is 5.82 Å². The minimum atomic E-state index is 0.0669. The first-order valence-electron chi connectivity index (χ1n) is 9.68. The smallest absolute Gasteiger partial charge is 0.253 e. The number of benzene rings is 2. The van der Waals surface area contributed by atoms with Gasteiger partial charge < -0.3 is 14.3 Å². The summed E-state index contributed by atoms with van der Waals surface area (Å²) in [6.45, 7) is 4.92. The molecule has 1 fully saturated rings. The molecule has 6 nitrogen and oxygen atoms in total. The summed E-state index contributed by atoms with van der Waals surface area (Å²) in [5.41, 5.74) is 4.54. The summed E-state index contributed by atoms with van der Waals surface area (Å²) in [5.74, 6) is 1.47. The Balaban J connectivity index is 1.31. The highest BCUT2D eigenvalue weighted by atomic mass is 16.5. The highest BCUT2D eigenvalue weighted by Crippen LogP contribution is 2.30. The number of carbonyl (C=O) groups is 1. The summed E-state index contributed by atoms with van der Waals surface area (Å²) < 4.78 is 5.29. The van der Waals surface area contributed by atoms with E-state index in [9.17, 15) is 4.79 Å². The van der Waals surface area contributed by atoms with Crippen LogP contribution in [0, 0.1) is 6.92 Å². The molecule has 0 radical (unpaired) electrons. The number of likely N-dealkylation sites (tertiary alicyclic amines) is 1. The van der Waals surface area contributed by atoms with E-state index < -0.39 is 0 Å². The summed E-state index contributed by atoms with van der Waals surface area (Å²) >= 11 is 0. The minimum absolute atomic E-state index is 0.0669. The lowest BCUT2D eigenvalue weighted by Crippen LogP contribution is -2.28. The molecule has 1 atom stereocenters. The maximum atomic E-state index is 13.1. The standard InChI is InChI=1S/C22H22N4O2/c1-15-23-21(28-24-15)19-9-10-25(14-19)22(27)16-7-4-8-20(11-16)26-12-17-5-2-3-6-18(17)13-26/h2-8,11,19H,9-10,12-14H2,1H3. The molecule has 28 heavy (non-hydrogen) atoms. The van der Waals surface area contributed by atoms with Crippen molar-refractivity contribution in [1.29, 1.82) is 0 Å². The van der Waals surface area contributed by atoms with Gasteiger partial charge in [0.1, 0.15) is 0 Å². The van der Waals surface area contributed by atoms with Gasteiger partial charge in [-0.2, -0.15) is 4.98 Å². The van der Waals surface area contributed by atoms with Gasteiger partial charge in [-0.3, -0.25) is 4.79 Å². The van der Waals surface area contributed by atoms with E-state index in [0.29, 0.717) is 24.8 Å². The third-order valence-electron chi connectivity index (χ3n) is 5.67. The second-order valence-electron chi connectivity index (χ2n) is 7.59. The van der Waals surface area contributed by atoms with Crippen LogP contribution in [0.1, 0.15) is 45.5 Å². The highest BCUT2D eigenvalue weighted by Gasteiger charge is 2.31. The van der Waals surface area contributed by atoms with Crippen molar-refractivity contribution in [3.8, 4) is 0 Å². The Bertz CT molecular complexity index is 1000. The molecule has 2 aromatic carbocycles. The van der Waals surface area contributed by atoms with Crippen molar-refractivity contribution in [1.82, 2.24) is 15.0 Å². The number of amides is 1. The predicted octanol–water partition coefficient (Wildman–Crippen LogP) is 3.53. The third-order valence-corrected chi connectivity index (χ3v) is 5.67. The molecule has 0 aliphatic carbocycles. The summed E-state index contributed by atoms with van der Waals surface area (Å²) in [5, 5.41) is 3.87. The Morgan fingerprint density at radius 3 is 2.61 bits per heavy atom. The number of nitrogens with zero attached hydrogens (tertiary/aromatic N) is 4. The van der Waals surface area contributed by atoms with Crippen LogP contribution in [0.2, 0.25) is 0 Å². The quantitative estimate of drug-likeness (QED) is 0.702. The van der Waals surface area contributed by atoms with E-state index in [2.05, 4.69) is 45.4 Å². The first-order chi connectivity index (χ1) is 13.7. The van der Waals surface area contributed by atoms with Crippen LogP contribution in [0.4, 0.5) is 5.69 Å². The van der Waals surface area contributed by atoms with E-state index in [4.69, 9.17) is 4.52 Å². The van der Waals surface area contributed by atoms with Crippen molar-refractivity contribution in [3.05, 3.63) is 76.9 Å². The number of hydrogen-bond donors (Lipinski definition) is 0. The monoisotopic (exact) mass is 374 g/mol. The molecule has 3 aromatic rings. The maximum absolute atomic E-state index is 13.1. The summed E-state index contributed by atoms with van der Waals surface area (Å²) in [6.07, 6.45) is 0.856. The van der Waals surface area contributed by atoms with E-state index >= 15 is 0 Å². The summed E-state index contributed by atoms with van der Waals surface area (Å²) in [6, 6.07) is 16.5. The number of carbonyl (C=O) groups excluding carboxylic acids is 1. The van der Waals surface area contributed by atoms with E-state index in [-0.39, 0.29) is 11.8 Å². The normalized spacial score (nSPS) is 18.5.